The minimum absolute atomic E-state index is 0.0267. The van der Waals surface area contributed by atoms with Crippen molar-refractivity contribution in [3.05, 3.63) is 34.3 Å². The van der Waals surface area contributed by atoms with Gasteiger partial charge in [-0.25, -0.2) is 4.79 Å². The number of Topliss-reactive ketones (excluding diaryl/α,β-unsaturated/α-hetero) is 1. The normalized spacial score (nSPS) is 15.5. The fraction of sp³-hybridized carbons (Fsp3) is 0.333. The van der Waals surface area contributed by atoms with Crippen LogP contribution in [0, 0.1) is 0 Å². The van der Waals surface area contributed by atoms with Gasteiger partial charge in [-0.2, -0.15) is 0 Å². The van der Waals surface area contributed by atoms with Gasteiger partial charge in [-0.05, 0) is 12.1 Å². The number of likely N-dealkylation sites (N-methyl/N-ethyl adjacent to an activating group) is 1. The molecule has 17 heavy (non-hydrogen) atoms. The van der Waals surface area contributed by atoms with Gasteiger partial charge in [0.2, 0.25) is 0 Å². The van der Waals surface area contributed by atoms with E-state index in [1.54, 1.807) is 29.0 Å². The van der Waals surface area contributed by atoms with Crippen molar-refractivity contribution in [2.75, 3.05) is 26.7 Å². The SMILES string of the molecule is CN1CCN(CC(=O)c2ccc(Br)cc2)C1=O. The van der Waals surface area contributed by atoms with Crippen LogP contribution in [0.1, 0.15) is 10.4 Å². The first-order valence-corrected chi connectivity index (χ1v) is 6.16. The van der Waals surface area contributed by atoms with E-state index in [4.69, 9.17) is 0 Å². The van der Waals surface area contributed by atoms with Crippen LogP contribution in [0.4, 0.5) is 4.79 Å². The van der Waals surface area contributed by atoms with Crippen molar-refractivity contribution in [2.45, 2.75) is 0 Å². The van der Waals surface area contributed by atoms with Crippen LogP contribution >= 0.6 is 15.9 Å². The number of ketones is 1. The lowest BCUT2D eigenvalue weighted by Crippen LogP contribution is -2.33. The molecule has 1 fully saturated rings. The zero-order valence-corrected chi connectivity index (χ0v) is 11.1. The fourth-order valence-electron chi connectivity index (χ4n) is 1.75. The van der Waals surface area contributed by atoms with Gasteiger partial charge in [-0.3, -0.25) is 4.79 Å². The van der Waals surface area contributed by atoms with E-state index >= 15 is 0 Å². The minimum Gasteiger partial charge on any atom is -0.326 e. The highest BCUT2D eigenvalue weighted by molar-refractivity contribution is 9.10. The van der Waals surface area contributed by atoms with Crippen LogP contribution in [0.3, 0.4) is 0 Å². The molecule has 90 valence electrons. The Kier molecular flexibility index (Phi) is 3.47. The summed E-state index contributed by atoms with van der Waals surface area (Å²) in [6, 6.07) is 7.10. The number of urea groups is 1. The highest BCUT2D eigenvalue weighted by Gasteiger charge is 2.26. The molecule has 0 atom stereocenters. The van der Waals surface area contributed by atoms with Gasteiger partial charge in [0.15, 0.2) is 5.78 Å². The van der Waals surface area contributed by atoms with Crippen LogP contribution in [0.15, 0.2) is 28.7 Å². The van der Waals surface area contributed by atoms with Crippen molar-refractivity contribution in [1.82, 2.24) is 9.80 Å². The van der Waals surface area contributed by atoms with Crippen LogP contribution in [-0.2, 0) is 0 Å². The van der Waals surface area contributed by atoms with Crippen molar-refractivity contribution in [2.24, 2.45) is 0 Å². The summed E-state index contributed by atoms with van der Waals surface area (Å²) in [5, 5.41) is 0. The lowest BCUT2D eigenvalue weighted by Gasteiger charge is -2.14. The summed E-state index contributed by atoms with van der Waals surface area (Å²) in [4.78, 5) is 26.7. The Hall–Kier alpha value is -1.36. The molecule has 0 unspecified atom stereocenters. The van der Waals surface area contributed by atoms with Gasteiger partial charge in [-0.15, -0.1) is 0 Å². The van der Waals surface area contributed by atoms with Crippen LogP contribution < -0.4 is 0 Å². The van der Waals surface area contributed by atoms with Crippen molar-refractivity contribution in [3.8, 4) is 0 Å². The summed E-state index contributed by atoms with van der Waals surface area (Å²) in [5.41, 5.74) is 0.635. The third-order valence-corrected chi connectivity index (χ3v) is 3.33. The minimum atomic E-state index is -0.0736. The number of benzene rings is 1. The van der Waals surface area contributed by atoms with E-state index in [0.717, 1.165) is 4.47 Å². The van der Waals surface area contributed by atoms with Gasteiger partial charge < -0.3 is 9.80 Å². The first-order valence-electron chi connectivity index (χ1n) is 5.37. The number of amides is 2. The number of carbonyl (C=O) groups excluding carboxylic acids is 2. The first kappa shape index (κ1) is 12.1. The number of rotatable bonds is 3. The monoisotopic (exact) mass is 296 g/mol. The molecule has 0 saturated carbocycles. The Morgan fingerprint density at radius 1 is 1.29 bits per heavy atom. The molecule has 0 bridgehead atoms. The fourth-order valence-corrected chi connectivity index (χ4v) is 2.01. The topological polar surface area (TPSA) is 40.6 Å². The highest BCUT2D eigenvalue weighted by atomic mass is 79.9. The number of halogens is 1. The summed E-state index contributed by atoms with van der Waals surface area (Å²) in [6.45, 7) is 1.47. The molecule has 1 aliphatic rings. The first-order chi connectivity index (χ1) is 8.08. The lowest BCUT2D eigenvalue weighted by atomic mass is 10.1. The second-order valence-corrected chi connectivity index (χ2v) is 4.97. The van der Waals surface area contributed by atoms with E-state index in [2.05, 4.69) is 15.9 Å². The third kappa shape index (κ3) is 2.66. The van der Waals surface area contributed by atoms with Crippen molar-refractivity contribution >= 4 is 27.7 Å². The summed E-state index contributed by atoms with van der Waals surface area (Å²) >= 11 is 3.32. The predicted octanol–water partition coefficient (Wildman–Crippen LogP) is 2.00. The van der Waals surface area contributed by atoms with E-state index in [1.165, 1.54) is 0 Å². The van der Waals surface area contributed by atoms with Gasteiger partial charge in [0.25, 0.3) is 0 Å². The smallest absolute Gasteiger partial charge is 0.320 e. The molecule has 0 aromatic heterocycles. The molecule has 0 aliphatic carbocycles. The molecular formula is C12H13BrN2O2. The average Bonchev–Trinajstić information content (AvgIpc) is 2.62. The summed E-state index contributed by atoms with van der Waals surface area (Å²) in [5.74, 6) is -0.0267. The van der Waals surface area contributed by atoms with Gasteiger partial charge in [0, 0.05) is 30.2 Å². The molecule has 4 nitrogen and oxygen atoms in total. The molecule has 0 radical (unpaired) electrons. The molecule has 1 aliphatic heterocycles. The Bertz CT molecular complexity index is 444. The van der Waals surface area contributed by atoms with Crippen LogP contribution in [-0.4, -0.2) is 48.3 Å². The second-order valence-electron chi connectivity index (χ2n) is 4.06. The molecule has 0 N–H and O–H groups in total. The standard InChI is InChI=1S/C12H13BrN2O2/c1-14-6-7-15(12(14)17)8-11(16)9-2-4-10(13)5-3-9/h2-5H,6-8H2,1H3. The van der Waals surface area contributed by atoms with Gasteiger partial charge in [0.1, 0.15) is 0 Å². The predicted molar refractivity (Wildman–Crippen MR) is 68.1 cm³/mol. The molecular weight excluding hydrogens is 284 g/mol. The van der Waals surface area contributed by atoms with Crippen molar-refractivity contribution < 1.29 is 9.59 Å². The average molecular weight is 297 g/mol. The lowest BCUT2D eigenvalue weighted by molar-refractivity contribution is 0.0952. The van der Waals surface area contributed by atoms with E-state index in [9.17, 15) is 9.59 Å². The highest BCUT2D eigenvalue weighted by Crippen LogP contribution is 2.12. The Labute approximate surface area is 108 Å². The van der Waals surface area contributed by atoms with Crippen LogP contribution in [0.5, 0.6) is 0 Å². The number of hydrogen-bond acceptors (Lipinski definition) is 2. The second kappa shape index (κ2) is 4.87. The summed E-state index contributed by atoms with van der Waals surface area (Å²) < 4.78 is 0.936. The number of hydrogen-bond donors (Lipinski definition) is 0. The molecule has 2 amide bonds. The maximum atomic E-state index is 11.9. The number of carbonyl (C=O) groups is 2. The molecule has 1 heterocycles. The third-order valence-electron chi connectivity index (χ3n) is 2.80. The van der Waals surface area contributed by atoms with Crippen molar-refractivity contribution in [1.29, 1.82) is 0 Å². The molecule has 1 aromatic carbocycles. The van der Waals surface area contributed by atoms with Crippen molar-refractivity contribution in [3.63, 3.8) is 0 Å². The van der Waals surface area contributed by atoms with Gasteiger partial charge in [0.05, 0.1) is 6.54 Å². The molecule has 1 aromatic rings. The summed E-state index contributed by atoms with van der Waals surface area (Å²) in [6.07, 6.45) is 0. The van der Waals surface area contributed by atoms with E-state index < -0.39 is 0 Å². The maximum Gasteiger partial charge on any atom is 0.320 e. The zero-order chi connectivity index (χ0) is 12.4. The van der Waals surface area contributed by atoms with Crippen LogP contribution in [0.25, 0.3) is 0 Å². The largest absolute Gasteiger partial charge is 0.326 e. The Balaban J connectivity index is 2.02. The van der Waals surface area contributed by atoms with E-state index in [0.29, 0.717) is 18.7 Å². The number of nitrogens with zero attached hydrogens (tertiary/aromatic N) is 2. The molecule has 2 rings (SSSR count). The Morgan fingerprint density at radius 3 is 2.47 bits per heavy atom. The molecule has 1 saturated heterocycles. The van der Waals surface area contributed by atoms with Gasteiger partial charge >= 0.3 is 6.03 Å². The zero-order valence-electron chi connectivity index (χ0n) is 9.52. The molecule has 5 heteroatoms. The Morgan fingerprint density at radius 2 is 1.94 bits per heavy atom. The molecule has 0 spiro atoms. The van der Waals surface area contributed by atoms with E-state index in [1.807, 2.05) is 12.1 Å². The summed E-state index contributed by atoms with van der Waals surface area (Å²) in [7, 11) is 1.74. The quantitative estimate of drug-likeness (QED) is 0.801. The van der Waals surface area contributed by atoms with Crippen LogP contribution in [0.2, 0.25) is 0 Å². The van der Waals surface area contributed by atoms with E-state index in [-0.39, 0.29) is 18.4 Å². The van der Waals surface area contributed by atoms with Gasteiger partial charge in [-0.1, -0.05) is 28.1 Å². The maximum absolute atomic E-state index is 11.9.